The predicted octanol–water partition coefficient (Wildman–Crippen LogP) is 4.09. The molecule has 1 aromatic rings. The van der Waals surface area contributed by atoms with Crippen LogP contribution < -0.4 is 5.32 Å². The number of fused-ring (bicyclic) bond motifs is 1. The molecular formula is C14H20FNS2. The molecule has 1 aliphatic heterocycles. The lowest BCUT2D eigenvalue weighted by molar-refractivity contribution is 0.431. The zero-order chi connectivity index (χ0) is 13.0. The quantitative estimate of drug-likeness (QED) is 0.875. The minimum absolute atomic E-state index is 0.0677. The summed E-state index contributed by atoms with van der Waals surface area (Å²) in [5.41, 5.74) is 1.14. The van der Waals surface area contributed by atoms with E-state index in [4.69, 9.17) is 0 Å². The van der Waals surface area contributed by atoms with E-state index in [1.807, 2.05) is 17.8 Å². The van der Waals surface area contributed by atoms with Crippen molar-refractivity contribution in [1.29, 1.82) is 0 Å². The number of benzene rings is 1. The molecule has 2 rings (SSSR count). The van der Waals surface area contributed by atoms with Crippen LogP contribution in [0.1, 0.15) is 31.4 Å². The standard InChI is InChI=1S/C14H20FNS2/c1-3-10(9-17-2)16-13-7-8-18-14-11(13)5-4-6-12(14)15/h4-6,10,13,16H,3,7-9H2,1-2H3. The third-order valence-electron chi connectivity index (χ3n) is 3.32. The van der Waals surface area contributed by atoms with E-state index < -0.39 is 0 Å². The van der Waals surface area contributed by atoms with Crippen LogP contribution in [0.4, 0.5) is 4.39 Å². The summed E-state index contributed by atoms with van der Waals surface area (Å²) in [5, 5.41) is 3.69. The second-order valence-corrected chi connectivity index (χ2v) is 6.59. The van der Waals surface area contributed by atoms with E-state index in [-0.39, 0.29) is 5.82 Å². The van der Waals surface area contributed by atoms with Gasteiger partial charge in [0.1, 0.15) is 5.82 Å². The molecule has 1 aromatic carbocycles. The summed E-state index contributed by atoms with van der Waals surface area (Å²) in [6, 6.07) is 6.28. The van der Waals surface area contributed by atoms with E-state index in [2.05, 4.69) is 24.6 Å². The molecule has 2 unspecified atom stereocenters. The summed E-state index contributed by atoms with van der Waals surface area (Å²) < 4.78 is 13.8. The van der Waals surface area contributed by atoms with Gasteiger partial charge >= 0.3 is 0 Å². The molecule has 1 nitrogen and oxygen atoms in total. The average molecular weight is 285 g/mol. The van der Waals surface area contributed by atoms with Crippen LogP contribution in [0.2, 0.25) is 0 Å². The van der Waals surface area contributed by atoms with Gasteiger partial charge in [-0.15, -0.1) is 11.8 Å². The second-order valence-electron chi connectivity index (χ2n) is 4.58. The molecule has 0 amide bonds. The van der Waals surface area contributed by atoms with Gasteiger partial charge < -0.3 is 5.32 Å². The van der Waals surface area contributed by atoms with Crippen molar-refractivity contribution < 1.29 is 4.39 Å². The fourth-order valence-electron chi connectivity index (χ4n) is 2.33. The topological polar surface area (TPSA) is 12.0 Å². The molecule has 0 aromatic heterocycles. The normalized spacial score (nSPS) is 20.5. The van der Waals surface area contributed by atoms with Crippen molar-refractivity contribution in [3.05, 3.63) is 29.6 Å². The van der Waals surface area contributed by atoms with Crippen molar-refractivity contribution in [1.82, 2.24) is 5.32 Å². The average Bonchev–Trinajstić information content (AvgIpc) is 2.39. The van der Waals surface area contributed by atoms with Crippen LogP contribution in [-0.4, -0.2) is 23.8 Å². The highest BCUT2D eigenvalue weighted by atomic mass is 32.2. The van der Waals surface area contributed by atoms with E-state index >= 15 is 0 Å². The van der Waals surface area contributed by atoms with E-state index in [1.165, 1.54) is 0 Å². The maximum atomic E-state index is 13.8. The Labute approximate surface area is 117 Å². The molecule has 4 heteroatoms. The number of thioether (sulfide) groups is 2. The molecule has 0 bridgehead atoms. The fraction of sp³-hybridized carbons (Fsp3) is 0.571. The molecule has 0 aliphatic carbocycles. The molecule has 18 heavy (non-hydrogen) atoms. The van der Waals surface area contributed by atoms with Crippen LogP contribution in [0.25, 0.3) is 0 Å². The van der Waals surface area contributed by atoms with Crippen LogP contribution in [0.3, 0.4) is 0 Å². The first-order valence-electron chi connectivity index (χ1n) is 6.42. The summed E-state index contributed by atoms with van der Waals surface area (Å²) in [4.78, 5) is 0.847. The minimum atomic E-state index is -0.0677. The first-order valence-corrected chi connectivity index (χ1v) is 8.80. The van der Waals surface area contributed by atoms with Crippen molar-refractivity contribution in [3.63, 3.8) is 0 Å². The number of halogens is 1. The van der Waals surface area contributed by atoms with Gasteiger partial charge in [0.15, 0.2) is 0 Å². The molecular weight excluding hydrogens is 265 g/mol. The zero-order valence-electron chi connectivity index (χ0n) is 10.9. The van der Waals surface area contributed by atoms with Crippen molar-refractivity contribution in [2.45, 2.75) is 36.7 Å². The van der Waals surface area contributed by atoms with Gasteiger partial charge in [-0.25, -0.2) is 4.39 Å². The summed E-state index contributed by atoms with van der Waals surface area (Å²) in [6.45, 7) is 2.21. The molecule has 0 spiro atoms. The Kier molecular flexibility index (Phi) is 5.39. The van der Waals surface area contributed by atoms with Gasteiger partial charge in [-0.05, 0) is 36.5 Å². The summed E-state index contributed by atoms with van der Waals surface area (Å²) >= 11 is 3.51. The first-order chi connectivity index (χ1) is 8.76. The van der Waals surface area contributed by atoms with Crippen molar-refractivity contribution in [3.8, 4) is 0 Å². The summed E-state index contributed by atoms with van der Waals surface area (Å²) in [7, 11) is 0. The van der Waals surface area contributed by atoms with Gasteiger partial charge in [0.05, 0.1) is 0 Å². The van der Waals surface area contributed by atoms with Gasteiger partial charge in [0.2, 0.25) is 0 Å². The number of nitrogens with one attached hydrogen (secondary N) is 1. The Bertz CT molecular complexity index is 397. The first kappa shape index (κ1) is 14.2. The van der Waals surface area contributed by atoms with Gasteiger partial charge in [-0.2, -0.15) is 11.8 Å². The third kappa shape index (κ3) is 3.22. The van der Waals surface area contributed by atoms with Gasteiger partial charge in [-0.1, -0.05) is 19.1 Å². The Balaban J connectivity index is 2.14. The Morgan fingerprint density at radius 2 is 2.39 bits per heavy atom. The predicted molar refractivity (Wildman–Crippen MR) is 80.1 cm³/mol. The van der Waals surface area contributed by atoms with Crippen LogP contribution >= 0.6 is 23.5 Å². The zero-order valence-corrected chi connectivity index (χ0v) is 12.5. The highest BCUT2D eigenvalue weighted by Crippen LogP contribution is 2.38. The largest absolute Gasteiger partial charge is 0.306 e. The molecule has 0 saturated heterocycles. The van der Waals surface area contributed by atoms with Crippen molar-refractivity contribution in [2.75, 3.05) is 17.8 Å². The Morgan fingerprint density at radius 1 is 1.56 bits per heavy atom. The van der Waals surface area contributed by atoms with Crippen molar-refractivity contribution in [2.24, 2.45) is 0 Å². The monoisotopic (exact) mass is 285 g/mol. The summed E-state index contributed by atoms with van der Waals surface area (Å²) in [6.07, 6.45) is 4.34. The maximum Gasteiger partial charge on any atom is 0.137 e. The number of hydrogen-bond acceptors (Lipinski definition) is 3. The molecule has 0 fully saturated rings. The Hall–Kier alpha value is -0.190. The lowest BCUT2D eigenvalue weighted by Crippen LogP contribution is -2.35. The highest BCUT2D eigenvalue weighted by Gasteiger charge is 2.24. The molecule has 1 heterocycles. The van der Waals surface area contributed by atoms with Crippen LogP contribution in [0.15, 0.2) is 23.1 Å². The Morgan fingerprint density at radius 3 is 3.11 bits per heavy atom. The van der Waals surface area contributed by atoms with E-state index in [1.54, 1.807) is 17.8 Å². The number of rotatable bonds is 5. The van der Waals surface area contributed by atoms with Crippen LogP contribution in [0, 0.1) is 5.82 Å². The number of hydrogen-bond donors (Lipinski definition) is 1. The van der Waals surface area contributed by atoms with Crippen LogP contribution in [0.5, 0.6) is 0 Å². The second kappa shape index (κ2) is 6.83. The molecule has 1 N–H and O–H groups in total. The highest BCUT2D eigenvalue weighted by molar-refractivity contribution is 7.99. The van der Waals surface area contributed by atoms with Gasteiger partial charge in [0, 0.05) is 22.7 Å². The lowest BCUT2D eigenvalue weighted by Gasteiger charge is -2.30. The van der Waals surface area contributed by atoms with E-state index in [9.17, 15) is 4.39 Å². The van der Waals surface area contributed by atoms with E-state index in [0.29, 0.717) is 12.1 Å². The maximum absolute atomic E-state index is 13.8. The SMILES string of the molecule is CCC(CSC)NC1CCSc2c(F)cccc21. The lowest BCUT2D eigenvalue weighted by atomic mass is 10.0. The van der Waals surface area contributed by atoms with Crippen molar-refractivity contribution >= 4 is 23.5 Å². The molecule has 0 saturated carbocycles. The van der Waals surface area contributed by atoms with E-state index in [0.717, 1.165) is 34.8 Å². The molecule has 2 atom stereocenters. The fourth-order valence-corrected chi connectivity index (χ4v) is 4.20. The molecule has 100 valence electrons. The molecule has 0 radical (unpaired) electrons. The minimum Gasteiger partial charge on any atom is -0.306 e. The van der Waals surface area contributed by atoms with Gasteiger partial charge in [0.25, 0.3) is 0 Å². The van der Waals surface area contributed by atoms with Crippen LogP contribution in [-0.2, 0) is 0 Å². The smallest absolute Gasteiger partial charge is 0.137 e. The summed E-state index contributed by atoms with van der Waals surface area (Å²) in [5.74, 6) is 2.05. The van der Waals surface area contributed by atoms with Gasteiger partial charge in [-0.3, -0.25) is 0 Å². The molecule has 1 aliphatic rings. The third-order valence-corrected chi connectivity index (χ3v) is 5.22.